The molecule has 2 atom stereocenters. The van der Waals surface area contributed by atoms with Crippen molar-refractivity contribution in [3.8, 4) is 0 Å². The fourth-order valence-corrected chi connectivity index (χ4v) is 3.92. The number of aliphatic hydroxyl groups excluding tert-OH is 1. The molecule has 0 bridgehead atoms. The molecule has 1 saturated heterocycles. The zero-order valence-electron chi connectivity index (χ0n) is 17.7. The Morgan fingerprint density at radius 3 is 2.62 bits per heavy atom. The summed E-state index contributed by atoms with van der Waals surface area (Å²) in [4.78, 5) is 34.1. The molecular weight excluding hydrogens is 479 g/mol. The van der Waals surface area contributed by atoms with Gasteiger partial charge in [-0.3, -0.25) is 9.20 Å². The van der Waals surface area contributed by atoms with E-state index in [-0.39, 0.29) is 46.9 Å². The number of aromatic nitrogens is 3. The first-order valence-electron chi connectivity index (χ1n) is 10.1. The highest BCUT2D eigenvalue weighted by molar-refractivity contribution is 6.29. The Kier molecular flexibility index (Phi) is 6.13. The van der Waals surface area contributed by atoms with Crippen molar-refractivity contribution in [2.24, 2.45) is 5.92 Å². The maximum atomic E-state index is 13.5. The molecular formula is C21H19ClF3N5O4. The lowest BCUT2D eigenvalue weighted by molar-refractivity contribution is -0.137. The van der Waals surface area contributed by atoms with E-state index in [1.54, 1.807) is 4.90 Å². The number of carboxylic acid groups (broad SMARTS) is 1. The Balaban J connectivity index is 1.80. The third-order valence-electron chi connectivity index (χ3n) is 5.58. The SMILES string of the molecule is CC1CN(c2cc(=O)n3cc(C(F)(F)F)cc(CNc4ccc(Cl)nc4C(=O)O)c3n2)CC1O. The maximum Gasteiger partial charge on any atom is 0.417 e. The lowest BCUT2D eigenvalue weighted by Crippen LogP contribution is -2.26. The van der Waals surface area contributed by atoms with Crippen LogP contribution in [0.4, 0.5) is 24.7 Å². The molecule has 0 amide bonds. The van der Waals surface area contributed by atoms with E-state index in [0.29, 0.717) is 12.7 Å². The van der Waals surface area contributed by atoms with Crippen molar-refractivity contribution in [1.82, 2.24) is 14.4 Å². The number of alkyl halides is 3. The minimum atomic E-state index is -4.73. The van der Waals surface area contributed by atoms with Crippen molar-refractivity contribution in [2.75, 3.05) is 23.3 Å². The van der Waals surface area contributed by atoms with Crippen LogP contribution in [-0.2, 0) is 12.7 Å². The molecule has 3 aromatic rings. The molecule has 1 aliphatic heterocycles. The zero-order valence-corrected chi connectivity index (χ0v) is 18.4. The number of fused-ring (bicyclic) bond motifs is 1. The Morgan fingerprint density at radius 1 is 1.26 bits per heavy atom. The highest BCUT2D eigenvalue weighted by atomic mass is 35.5. The van der Waals surface area contributed by atoms with Crippen molar-refractivity contribution in [3.63, 3.8) is 0 Å². The normalized spacial score (nSPS) is 18.5. The van der Waals surface area contributed by atoms with Crippen molar-refractivity contribution < 1.29 is 28.2 Å². The van der Waals surface area contributed by atoms with Gasteiger partial charge in [0, 0.05) is 43.4 Å². The molecule has 0 aliphatic carbocycles. The molecule has 0 aromatic carbocycles. The van der Waals surface area contributed by atoms with Gasteiger partial charge in [-0.05, 0) is 18.2 Å². The van der Waals surface area contributed by atoms with E-state index in [4.69, 9.17) is 11.6 Å². The summed E-state index contributed by atoms with van der Waals surface area (Å²) < 4.78 is 41.4. The van der Waals surface area contributed by atoms with Gasteiger partial charge in [0.05, 0.1) is 17.4 Å². The number of β-amino-alcohol motifs (C(OH)–C–C–N with tert-alkyl or cyclic N) is 1. The second kappa shape index (κ2) is 8.76. The Hall–Kier alpha value is -3.38. The molecule has 0 saturated carbocycles. The number of carbonyl (C=O) groups is 1. The number of nitrogens with one attached hydrogen (secondary N) is 1. The fourth-order valence-electron chi connectivity index (χ4n) is 3.77. The molecule has 0 spiro atoms. The number of aromatic carboxylic acids is 1. The summed E-state index contributed by atoms with van der Waals surface area (Å²) in [5.74, 6) is -1.22. The summed E-state index contributed by atoms with van der Waals surface area (Å²) in [6, 6.07) is 4.65. The van der Waals surface area contributed by atoms with Gasteiger partial charge in [-0.15, -0.1) is 0 Å². The van der Waals surface area contributed by atoms with E-state index >= 15 is 0 Å². The number of nitrogens with zero attached hydrogens (tertiary/aromatic N) is 4. The Labute approximate surface area is 195 Å². The monoisotopic (exact) mass is 497 g/mol. The van der Waals surface area contributed by atoms with E-state index in [1.807, 2.05) is 6.92 Å². The van der Waals surface area contributed by atoms with E-state index in [2.05, 4.69) is 15.3 Å². The summed E-state index contributed by atoms with van der Waals surface area (Å²) in [6.45, 7) is 2.21. The number of halogens is 4. The standard InChI is InChI=1S/C21H19ClF3N5O4/c1-10-7-29(9-14(10)31)16-5-17(32)30-8-12(21(23,24)25)4-11(19(30)28-16)6-26-13-2-3-15(22)27-18(13)20(33)34/h2-5,8,10,14,26,31H,6-7,9H2,1H3,(H,33,34). The molecule has 34 heavy (non-hydrogen) atoms. The number of rotatable bonds is 5. The number of anilines is 2. The molecule has 1 fully saturated rings. The van der Waals surface area contributed by atoms with Gasteiger partial charge in [-0.1, -0.05) is 18.5 Å². The van der Waals surface area contributed by atoms with Crippen molar-refractivity contribution in [1.29, 1.82) is 0 Å². The van der Waals surface area contributed by atoms with Crippen LogP contribution >= 0.6 is 11.6 Å². The van der Waals surface area contributed by atoms with E-state index in [9.17, 15) is 33.0 Å². The van der Waals surface area contributed by atoms with Crippen molar-refractivity contribution in [2.45, 2.75) is 25.7 Å². The molecule has 3 N–H and O–H groups in total. The van der Waals surface area contributed by atoms with Gasteiger partial charge in [0.1, 0.15) is 16.6 Å². The molecule has 4 rings (SSSR count). The number of pyridine rings is 2. The van der Waals surface area contributed by atoms with E-state index in [1.165, 1.54) is 12.1 Å². The van der Waals surface area contributed by atoms with Crippen LogP contribution in [0, 0.1) is 5.92 Å². The first kappa shape index (κ1) is 23.8. The minimum absolute atomic E-state index is 0.00728. The van der Waals surface area contributed by atoms with Gasteiger partial charge in [0.15, 0.2) is 5.69 Å². The summed E-state index contributed by atoms with van der Waals surface area (Å²) in [5.41, 5.74) is -2.19. The molecule has 4 heterocycles. The predicted molar refractivity (Wildman–Crippen MR) is 117 cm³/mol. The number of aliphatic hydroxyl groups is 1. The minimum Gasteiger partial charge on any atom is -0.476 e. The molecule has 1 aliphatic rings. The molecule has 0 radical (unpaired) electrons. The van der Waals surface area contributed by atoms with Gasteiger partial charge in [0.25, 0.3) is 5.56 Å². The average Bonchev–Trinajstić information content (AvgIpc) is 3.10. The van der Waals surface area contributed by atoms with Crippen molar-refractivity contribution in [3.05, 3.63) is 62.8 Å². The third kappa shape index (κ3) is 4.64. The first-order chi connectivity index (χ1) is 15.9. The molecule has 3 aromatic heterocycles. The Morgan fingerprint density at radius 2 is 2.00 bits per heavy atom. The van der Waals surface area contributed by atoms with Gasteiger partial charge in [-0.25, -0.2) is 14.8 Å². The quantitative estimate of drug-likeness (QED) is 0.460. The van der Waals surface area contributed by atoms with E-state index < -0.39 is 35.1 Å². The van der Waals surface area contributed by atoms with Crippen LogP contribution in [-0.4, -0.2) is 49.7 Å². The topological polar surface area (TPSA) is 120 Å². The summed E-state index contributed by atoms with van der Waals surface area (Å²) in [5, 5.41) is 22.1. The molecule has 13 heteroatoms. The zero-order chi connectivity index (χ0) is 24.8. The third-order valence-corrected chi connectivity index (χ3v) is 5.79. The average molecular weight is 498 g/mol. The second-order valence-electron chi connectivity index (χ2n) is 8.04. The first-order valence-corrected chi connectivity index (χ1v) is 10.5. The lowest BCUT2D eigenvalue weighted by Gasteiger charge is -2.19. The molecule has 180 valence electrons. The largest absolute Gasteiger partial charge is 0.476 e. The van der Waals surface area contributed by atoms with E-state index in [0.717, 1.165) is 16.5 Å². The van der Waals surface area contributed by atoms with Crippen LogP contribution in [0.5, 0.6) is 0 Å². The second-order valence-corrected chi connectivity index (χ2v) is 8.42. The van der Waals surface area contributed by atoms with Gasteiger partial charge in [-0.2, -0.15) is 13.2 Å². The predicted octanol–water partition coefficient (Wildman–Crippen LogP) is 2.89. The van der Waals surface area contributed by atoms with Crippen LogP contribution in [0.1, 0.15) is 28.5 Å². The summed E-state index contributed by atoms with van der Waals surface area (Å²) in [6.07, 6.45) is -4.68. The van der Waals surface area contributed by atoms with Crippen LogP contribution in [0.2, 0.25) is 5.15 Å². The maximum absolute atomic E-state index is 13.5. The summed E-state index contributed by atoms with van der Waals surface area (Å²) >= 11 is 5.75. The smallest absolute Gasteiger partial charge is 0.417 e. The fraction of sp³-hybridized carbons (Fsp3) is 0.333. The number of carboxylic acids is 1. The van der Waals surface area contributed by atoms with Crippen LogP contribution in [0.25, 0.3) is 5.65 Å². The van der Waals surface area contributed by atoms with Gasteiger partial charge >= 0.3 is 12.1 Å². The molecule has 2 unspecified atom stereocenters. The van der Waals surface area contributed by atoms with Crippen molar-refractivity contribution >= 4 is 34.7 Å². The molecule has 9 nitrogen and oxygen atoms in total. The van der Waals surface area contributed by atoms with Gasteiger partial charge in [0.2, 0.25) is 0 Å². The highest BCUT2D eigenvalue weighted by Gasteiger charge is 2.33. The highest BCUT2D eigenvalue weighted by Crippen LogP contribution is 2.31. The number of hydrogen-bond acceptors (Lipinski definition) is 7. The van der Waals surface area contributed by atoms with Crippen LogP contribution in [0.15, 0.2) is 35.3 Å². The van der Waals surface area contributed by atoms with Crippen LogP contribution < -0.4 is 15.8 Å². The number of hydrogen-bond donors (Lipinski definition) is 3. The van der Waals surface area contributed by atoms with Gasteiger partial charge < -0.3 is 20.4 Å². The lowest BCUT2D eigenvalue weighted by atomic mass is 10.1. The Bertz CT molecular complexity index is 1320. The van der Waals surface area contributed by atoms with Crippen LogP contribution in [0.3, 0.4) is 0 Å². The summed E-state index contributed by atoms with van der Waals surface area (Å²) in [7, 11) is 0.